The summed E-state index contributed by atoms with van der Waals surface area (Å²) in [4.78, 5) is 3.04. The molecule has 2 aliphatic carbocycles. The Bertz CT molecular complexity index is 616. The van der Waals surface area contributed by atoms with E-state index < -0.39 is 0 Å². The number of fused-ring (bicyclic) bond motifs is 4. The number of hydrogen-bond donors (Lipinski definition) is 2. The molecule has 4 unspecified atom stereocenters. The first-order valence-electron chi connectivity index (χ1n) is 11.6. The van der Waals surface area contributed by atoms with E-state index in [9.17, 15) is 0 Å². The molecule has 3 nitrogen and oxygen atoms in total. The SMILES string of the molecule is Nc1ccccc1NC1CC2CCCC(C1)N2C1CC2CCCCC(C2)C1. The molecule has 2 saturated carbocycles. The number of nitrogens with two attached hydrogens (primary N) is 1. The third-order valence-electron chi connectivity index (χ3n) is 8.13. The van der Waals surface area contributed by atoms with Gasteiger partial charge in [-0.2, -0.15) is 0 Å². The summed E-state index contributed by atoms with van der Waals surface area (Å²) in [5, 5.41) is 3.80. The van der Waals surface area contributed by atoms with Crippen molar-refractivity contribution in [3.63, 3.8) is 0 Å². The Labute approximate surface area is 165 Å². The molecule has 3 heteroatoms. The molecule has 2 heterocycles. The molecule has 148 valence electrons. The van der Waals surface area contributed by atoms with Gasteiger partial charge in [0.15, 0.2) is 0 Å². The van der Waals surface area contributed by atoms with E-state index in [0.29, 0.717) is 6.04 Å². The van der Waals surface area contributed by atoms with Gasteiger partial charge in [0.05, 0.1) is 11.4 Å². The summed E-state index contributed by atoms with van der Waals surface area (Å²) in [5.74, 6) is 2.05. The Morgan fingerprint density at radius 1 is 0.741 bits per heavy atom. The molecule has 4 fully saturated rings. The zero-order valence-electron chi connectivity index (χ0n) is 16.8. The van der Waals surface area contributed by atoms with Crippen molar-refractivity contribution in [1.29, 1.82) is 0 Å². The molecule has 0 amide bonds. The Morgan fingerprint density at radius 2 is 1.41 bits per heavy atom. The number of nitrogens with one attached hydrogen (secondary N) is 1. The van der Waals surface area contributed by atoms with E-state index in [1.807, 2.05) is 12.1 Å². The number of piperidine rings is 2. The summed E-state index contributed by atoms with van der Waals surface area (Å²) < 4.78 is 0. The average Bonchev–Trinajstić information content (AvgIpc) is 2.82. The van der Waals surface area contributed by atoms with Crippen LogP contribution in [0.5, 0.6) is 0 Å². The average molecular weight is 368 g/mol. The highest BCUT2D eigenvalue weighted by Crippen LogP contribution is 2.45. The van der Waals surface area contributed by atoms with Crippen molar-refractivity contribution >= 4 is 11.4 Å². The second kappa shape index (κ2) is 7.66. The van der Waals surface area contributed by atoms with Gasteiger partial charge in [0.25, 0.3) is 0 Å². The predicted molar refractivity (Wildman–Crippen MR) is 114 cm³/mol. The monoisotopic (exact) mass is 367 g/mol. The molecule has 5 rings (SSSR count). The Balaban J connectivity index is 1.29. The predicted octanol–water partition coefficient (Wildman–Crippen LogP) is 5.43. The molecule has 4 bridgehead atoms. The summed E-state index contributed by atoms with van der Waals surface area (Å²) in [6.45, 7) is 0. The van der Waals surface area contributed by atoms with Crippen molar-refractivity contribution in [3.8, 4) is 0 Å². The van der Waals surface area contributed by atoms with Crippen LogP contribution in [0.3, 0.4) is 0 Å². The minimum Gasteiger partial charge on any atom is -0.397 e. The smallest absolute Gasteiger partial charge is 0.0576 e. The minimum absolute atomic E-state index is 0.590. The van der Waals surface area contributed by atoms with E-state index in [2.05, 4.69) is 22.3 Å². The van der Waals surface area contributed by atoms with E-state index in [-0.39, 0.29) is 0 Å². The van der Waals surface area contributed by atoms with Crippen LogP contribution in [0.25, 0.3) is 0 Å². The number of benzene rings is 1. The van der Waals surface area contributed by atoms with E-state index >= 15 is 0 Å². The van der Waals surface area contributed by atoms with Gasteiger partial charge >= 0.3 is 0 Å². The summed E-state index contributed by atoms with van der Waals surface area (Å²) in [6, 6.07) is 11.3. The lowest BCUT2D eigenvalue weighted by molar-refractivity contribution is -0.0307. The molecule has 2 saturated heterocycles. The third-order valence-corrected chi connectivity index (χ3v) is 8.13. The number of rotatable bonds is 3. The van der Waals surface area contributed by atoms with Crippen molar-refractivity contribution < 1.29 is 0 Å². The molecular weight excluding hydrogens is 330 g/mol. The van der Waals surface area contributed by atoms with Gasteiger partial charge in [-0.1, -0.05) is 44.2 Å². The molecule has 27 heavy (non-hydrogen) atoms. The maximum Gasteiger partial charge on any atom is 0.0576 e. The van der Waals surface area contributed by atoms with Gasteiger partial charge in [-0.05, 0) is 68.9 Å². The third kappa shape index (κ3) is 3.72. The lowest BCUT2D eigenvalue weighted by Crippen LogP contribution is -2.59. The molecule has 0 radical (unpaired) electrons. The fraction of sp³-hybridized carbons (Fsp3) is 0.750. The quantitative estimate of drug-likeness (QED) is 0.700. The highest BCUT2D eigenvalue weighted by Gasteiger charge is 2.44. The van der Waals surface area contributed by atoms with Crippen molar-refractivity contribution in [1.82, 2.24) is 4.90 Å². The number of nitrogen functional groups attached to an aromatic ring is 1. The van der Waals surface area contributed by atoms with Gasteiger partial charge in [-0.3, -0.25) is 4.90 Å². The molecule has 1 aromatic rings. The van der Waals surface area contributed by atoms with Gasteiger partial charge in [-0.25, -0.2) is 0 Å². The van der Waals surface area contributed by atoms with Crippen LogP contribution in [0.15, 0.2) is 24.3 Å². The Morgan fingerprint density at radius 3 is 2.07 bits per heavy atom. The van der Waals surface area contributed by atoms with Gasteiger partial charge in [0.2, 0.25) is 0 Å². The number of hydrogen-bond acceptors (Lipinski definition) is 3. The van der Waals surface area contributed by atoms with Crippen molar-refractivity contribution in [2.24, 2.45) is 11.8 Å². The fourth-order valence-electron chi connectivity index (χ4n) is 7.09. The molecule has 0 spiro atoms. The number of para-hydroxylation sites is 2. The van der Waals surface area contributed by atoms with Crippen molar-refractivity contribution in [2.75, 3.05) is 11.1 Å². The zero-order valence-corrected chi connectivity index (χ0v) is 16.8. The number of anilines is 2. The number of nitrogens with zero attached hydrogens (tertiary/aromatic N) is 1. The molecule has 4 atom stereocenters. The maximum absolute atomic E-state index is 6.19. The molecule has 4 aliphatic rings. The van der Waals surface area contributed by atoms with Crippen molar-refractivity contribution in [3.05, 3.63) is 24.3 Å². The summed E-state index contributed by atoms with van der Waals surface area (Å²) in [6.07, 6.45) is 17.4. The Hall–Kier alpha value is -1.22. The van der Waals surface area contributed by atoms with Gasteiger partial charge in [0.1, 0.15) is 0 Å². The van der Waals surface area contributed by atoms with Crippen LogP contribution in [0, 0.1) is 11.8 Å². The zero-order chi connectivity index (χ0) is 18.2. The van der Waals surface area contributed by atoms with Gasteiger partial charge in [-0.15, -0.1) is 0 Å². The van der Waals surface area contributed by atoms with E-state index in [1.165, 1.54) is 77.0 Å². The summed E-state index contributed by atoms with van der Waals surface area (Å²) in [5.41, 5.74) is 8.22. The van der Waals surface area contributed by atoms with E-state index in [4.69, 9.17) is 5.73 Å². The fourth-order valence-corrected chi connectivity index (χ4v) is 7.09. The second-order valence-corrected chi connectivity index (χ2v) is 9.96. The second-order valence-electron chi connectivity index (χ2n) is 9.96. The van der Waals surface area contributed by atoms with E-state index in [0.717, 1.165) is 41.3 Å². The van der Waals surface area contributed by atoms with Crippen LogP contribution in [0.1, 0.15) is 77.0 Å². The van der Waals surface area contributed by atoms with Crippen molar-refractivity contribution in [2.45, 2.75) is 101 Å². The topological polar surface area (TPSA) is 41.3 Å². The molecule has 3 N–H and O–H groups in total. The first-order valence-corrected chi connectivity index (χ1v) is 11.6. The highest BCUT2D eigenvalue weighted by molar-refractivity contribution is 5.66. The normalized spacial score (nSPS) is 39.6. The summed E-state index contributed by atoms with van der Waals surface area (Å²) in [7, 11) is 0. The highest BCUT2D eigenvalue weighted by atomic mass is 15.2. The van der Waals surface area contributed by atoms with Gasteiger partial charge in [0, 0.05) is 24.2 Å². The first-order chi connectivity index (χ1) is 13.3. The van der Waals surface area contributed by atoms with Gasteiger partial charge < -0.3 is 11.1 Å². The lowest BCUT2D eigenvalue weighted by atomic mass is 9.73. The van der Waals surface area contributed by atoms with Crippen LogP contribution in [-0.4, -0.2) is 29.1 Å². The van der Waals surface area contributed by atoms with Crippen LogP contribution >= 0.6 is 0 Å². The first kappa shape index (κ1) is 17.8. The molecular formula is C24H37N3. The summed E-state index contributed by atoms with van der Waals surface area (Å²) >= 11 is 0. The van der Waals surface area contributed by atoms with E-state index in [1.54, 1.807) is 0 Å². The molecule has 2 aliphatic heterocycles. The standard InChI is InChI=1S/C24H37N3/c25-23-10-3-4-11-24(23)26-19-15-20-8-5-9-21(16-19)27(20)22-13-17-6-1-2-7-18(12-17)14-22/h3-4,10-11,17-22,26H,1-2,5-9,12-16,25H2. The molecule has 1 aromatic carbocycles. The van der Waals surface area contributed by atoms with Crippen LogP contribution in [0.4, 0.5) is 11.4 Å². The minimum atomic E-state index is 0.590. The van der Waals surface area contributed by atoms with Crippen LogP contribution in [-0.2, 0) is 0 Å². The largest absolute Gasteiger partial charge is 0.397 e. The molecule has 0 aromatic heterocycles. The van der Waals surface area contributed by atoms with Crippen LogP contribution < -0.4 is 11.1 Å². The Kier molecular flexibility index (Phi) is 5.06. The lowest BCUT2D eigenvalue weighted by Gasteiger charge is -2.54. The van der Waals surface area contributed by atoms with Crippen LogP contribution in [0.2, 0.25) is 0 Å². The maximum atomic E-state index is 6.19.